The quantitative estimate of drug-likeness (QED) is 0.105. The molecule has 0 aliphatic carbocycles. The van der Waals surface area contributed by atoms with E-state index in [4.69, 9.17) is 0 Å². The van der Waals surface area contributed by atoms with Gasteiger partial charge in [-0.2, -0.15) is 0 Å². The molecular weight excluding hydrogens is 495 g/mol. The topological polar surface area (TPSA) is 0 Å². The Hall–Kier alpha value is 0.922. The van der Waals surface area contributed by atoms with Crippen LogP contribution in [0.15, 0.2) is 0 Å². The molecule has 0 heterocycles. The molecule has 0 radical (unpaired) electrons. The van der Waals surface area contributed by atoms with Crippen molar-refractivity contribution in [3.63, 3.8) is 0 Å². The Morgan fingerprint density at radius 1 is 0.320 bits per heavy atom. The fourth-order valence-electron chi connectivity index (χ4n) is 4.46. The Morgan fingerprint density at radius 2 is 0.560 bits per heavy atom. The Labute approximate surface area is 167 Å². The first-order chi connectivity index (χ1) is 12.2. The summed E-state index contributed by atoms with van der Waals surface area (Å²) in [6, 6.07) is 0. The summed E-state index contributed by atoms with van der Waals surface area (Å²) in [6.07, 6.45) is 23.9. The van der Waals surface area contributed by atoms with E-state index in [-0.39, 0.29) is 0 Å². The van der Waals surface area contributed by atoms with Crippen molar-refractivity contribution in [1.82, 2.24) is 0 Å². The van der Waals surface area contributed by atoms with Gasteiger partial charge in [-0.05, 0) is 0 Å². The zero-order chi connectivity index (χ0) is 18.6. The molecule has 0 amide bonds. The molecule has 1 heteroatoms. The second-order valence-corrected chi connectivity index (χ2v) is 28.2. The van der Waals surface area contributed by atoms with Gasteiger partial charge in [-0.3, -0.25) is 0 Å². The third-order valence-corrected chi connectivity index (χ3v) is 28.2. The average Bonchev–Trinajstić information content (AvgIpc) is 2.63. The van der Waals surface area contributed by atoms with Gasteiger partial charge in [0, 0.05) is 0 Å². The summed E-state index contributed by atoms with van der Waals surface area (Å²) in [5, 5.41) is 0. The van der Waals surface area contributed by atoms with Gasteiger partial charge in [-0.15, -0.1) is 0 Å². The minimum atomic E-state index is -2.01. The van der Waals surface area contributed by atoms with Crippen LogP contribution in [-0.4, -0.2) is 21.2 Å². The molecule has 0 atom stereocenters. The van der Waals surface area contributed by atoms with Crippen LogP contribution < -0.4 is 0 Å². The Balaban J connectivity index is 4.62. The maximum absolute atomic E-state index is 2.36. The molecule has 0 rings (SSSR count). The van der Waals surface area contributed by atoms with Crippen molar-refractivity contribution >= 4 is 21.2 Å². The van der Waals surface area contributed by atoms with Crippen molar-refractivity contribution < 1.29 is 0 Å². The molecule has 0 fully saturated rings. The molecular formula is C24H52Pb. The molecule has 0 spiro atoms. The summed E-state index contributed by atoms with van der Waals surface area (Å²) >= 11 is -2.01. The predicted octanol–water partition coefficient (Wildman–Crippen LogP) is 9.76. The van der Waals surface area contributed by atoms with Crippen LogP contribution in [0.1, 0.15) is 130 Å². The molecule has 25 heavy (non-hydrogen) atoms. The maximum atomic E-state index is 2.36. The Morgan fingerprint density at radius 3 is 0.760 bits per heavy atom. The van der Waals surface area contributed by atoms with Crippen LogP contribution in [-0.2, 0) is 0 Å². The van der Waals surface area contributed by atoms with E-state index in [0.717, 1.165) is 0 Å². The SMILES string of the molecule is CCCCC[CH2][Pb]([CH2]CCCCC)([CH2]CCCCC)[CH2]CCCCC. The fraction of sp³-hybridized carbons (Fsp3) is 1.00. The Bertz CT molecular complexity index is 195. The average molecular weight is 548 g/mol. The van der Waals surface area contributed by atoms with Gasteiger partial charge >= 0.3 is 168 Å². The van der Waals surface area contributed by atoms with Crippen LogP contribution in [0.5, 0.6) is 0 Å². The summed E-state index contributed by atoms with van der Waals surface area (Å²) in [4.78, 5) is 0. The molecule has 0 aromatic rings. The van der Waals surface area contributed by atoms with Crippen LogP contribution >= 0.6 is 0 Å². The van der Waals surface area contributed by atoms with Crippen LogP contribution in [0.25, 0.3) is 0 Å². The first-order valence-corrected chi connectivity index (χ1v) is 23.2. The monoisotopic (exact) mass is 548 g/mol. The van der Waals surface area contributed by atoms with E-state index in [1.165, 1.54) is 77.0 Å². The molecule has 0 bridgehead atoms. The van der Waals surface area contributed by atoms with Gasteiger partial charge in [-0.25, -0.2) is 0 Å². The van der Waals surface area contributed by atoms with Crippen LogP contribution in [0.2, 0.25) is 15.9 Å². The third-order valence-electron chi connectivity index (χ3n) is 6.24. The van der Waals surface area contributed by atoms with E-state index in [0.29, 0.717) is 0 Å². The predicted molar refractivity (Wildman–Crippen MR) is 122 cm³/mol. The zero-order valence-electron chi connectivity index (χ0n) is 18.6. The zero-order valence-corrected chi connectivity index (χ0v) is 22.5. The van der Waals surface area contributed by atoms with Gasteiger partial charge in [-0.1, -0.05) is 0 Å². The second kappa shape index (κ2) is 19.7. The molecule has 0 saturated heterocycles. The molecule has 0 unspecified atom stereocenters. The molecule has 0 aromatic carbocycles. The Kier molecular flexibility index (Phi) is 20.4. The van der Waals surface area contributed by atoms with Crippen molar-refractivity contribution in [1.29, 1.82) is 0 Å². The van der Waals surface area contributed by atoms with Gasteiger partial charge < -0.3 is 0 Å². The van der Waals surface area contributed by atoms with Crippen LogP contribution in [0.4, 0.5) is 0 Å². The first kappa shape index (κ1) is 25.9. The van der Waals surface area contributed by atoms with Crippen molar-refractivity contribution in [2.24, 2.45) is 0 Å². The van der Waals surface area contributed by atoms with Gasteiger partial charge in [0.1, 0.15) is 0 Å². The molecule has 0 aliphatic rings. The first-order valence-electron chi connectivity index (χ1n) is 12.2. The fourth-order valence-corrected chi connectivity index (χ4v) is 25.8. The number of unbranched alkanes of at least 4 members (excludes halogenated alkanes) is 12. The summed E-state index contributed by atoms with van der Waals surface area (Å²) in [7, 11) is 0. The van der Waals surface area contributed by atoms with Crippen molar-refractivity contribution in [3.05, 3.63) is 0 Å². The van der Waals surface area contributed by atoms with E-state index >= 15 is 0 Å². The van der Waals surface area contributed by atoms with E-state index < -0.39 is 21.2 Å². The molecule has 152 valence electrons. The van der Waals surface area contributed by atoms with Gasteiger partial charge in [0.15, 0.2) is 0 Å². The molecule has 0 nitrogen and oxygen atoms in total. The van der Waals surface area contributed by atoms with E-state index in [9.17, 15) is 0 Å². The van der Waals surface area contributed by atoms with Gasteiger partial charge in [0.05, 0.1) is 0 Å². The molecule has 0 aliphatic heterocycles. The van der Waals surface area contributed by atoms with Crippen molar-refractivity contribution in [2.75, 3.05) is 0 Å². The van der Waals surface area contributed by atoms with E-state index in [1.807, 2.05) is 0 Å². The van der Waals surface area contributed by atoms with Crippen LogP contribution in [0.3, 0.4) is 0 Å². The van der Waals surface area contributed by atoms with E-state index in [2.05, 4.69) is 27.7 Å². The molecule has 0 N–H and O–H groups in total. The summed E-state index contributed by atoms with van der Waals surface area (Å²) in [6.45, 7) is 9.44. The van der Waals surface area contributed by atoms with Crippen LogP contribution in [0, 0.1) is 0 Å². The van der Waals surface area contributed by atoms with E-state index in [1.54, 1.807) is 41.6 Å². The standard InChI is InChI=1S/4C6H13.Pb/c4*1-3-5-6-4-2;/h4*1,3-6H2,2H3;. The summed E-state index contributed by atoms with van der Waals surface area (Å²) < 4.78 is 6.99. The summed E-state index contributed by atoms with van der Waals surface area (Å²) in [5.74, 6) is 0. The van der Waals surface area contributed by atoms with Gasteiger partial charge in [0.2, 0.25) is 0 Å². The van der Waals surface area contributed by atoms with Crippen molar-refractivity contribution in [3.8, 4) is 0 Å². The number of rotatable bonds is 20. The molecule has 0 aromatic heterocycles. The molecule has 0 saturated carbocycles. The van der Waals surface area contributed by atoms with Crippen molar-refractivity contribution in [2.45, 2.75) is 146 Å². The third kappa shape index (κ3) is 15.7. The minimum absolute atomic E-state index is 1.40. The number of hydrogen-bond donors (Lipinski definition) is 0. The second-order valence-electron chi connectivity index (χ2n) is 8.74. The number of hydrogen-bond acceptors (Lipinski definition) is 0. The summed E-state index contributed by atoms with van der Waals surface area (Å²) in [5.41, 5.74) is 0. The normalized spacial score (nSPS) is 12.0. The van der Waals surface area contributed by atoms with Gasteiger partial charge in [0.25, 0.3) is 0 Å².